The predicted molar refractivity (Wildman–Crippen MR) is 74.0 cm³/mol. The molecular weight excluding hydrogens is 238 g/mol. The van der Waals surface area contributed by atoms with Crippen LogP contribution in [-0.2, 0) is 4.79 Å². The molecule has 3 nitrogen and oxygen atoms in total. The molecule has 1 aliphatic carbocycles. The highest BCUT2D eigenvalue weighted by atomic mass is 16.5. The number of hydrogen-bond acceptors (Lipinski definition) is 2. The summed E-state index contributed by atoms with van der Waals surface area (Å²) in [5, 5.41) is 3.24. The van der Waals surface area contributed by atoms with Gasteiger partial charge in [-0.15, -0.1) is 0 Å². The van der Waals surface area contributed by atoms with Crippen LogP contribution in [0.3, 0.4) is 0 Å². The molecule has 0 spiro atoms. The van der Waals surface area contributed by atoms with Gasteiger partial charge in [-0.2, -0.15) is 0 Å². The maximum absolute atomic E-state index is 12.3. The Labute approximate surface area is 114 Å². The van der Waals surface area contributed by atoms with Crippen LogP contribution in [0.1, 0.15) is 50.1 Å². The van der Waals surface area contributed by atoms with Crippen LogP contribution >= 0.6 is 0 Å². The minimum Gasteiger partial charge on any atom is -0.493 e. The van der Waals surface area contributed by atoms with Gasteiger partial charge in [0, 0.05) is 11.5 Å². The highest BCUT2D eigenvalue weighted by molar-refractivity contribution is 5.79. The maximum atomic E-state index is 12.3. The van der Waals surface area contributed by atoms with Gasteiger partial charge in [0.25, 0.3) is 0 Å². The predicted octanol–water partition coefficient (Wildman–Crippen LogP) is 3.21. The Morgan fingerprint density at radius 1 is 1.11 bits per heavy atom. The molecule has 1 saturated carbocycles. The van der Waals surface area contributed by atoms with E-state index in [1.54, 1.807) is 0 Å². The molecule has 1 aromatic rings. The minimum absolute atomic E-state index is 0.117. The van der Waals surface area contributed by atoms with E-state index in [2.05, 4.69) is 11.4 Å². The number of rotatable bonds is 2. The van der Waals surface area contributed by atoms with Gasteiger partial charge in [-0.3, -0.25) is 4.79 Å². The van der Waals surface area contributed by atoms with Gasteiger partial charge < -0.3 is 10.1 Å². The number of amides is 1. The lowest BCUT2D eigenvalue weighted by Gasteiger charge is -2.20. The molecule has 1 unspecified atom stereocenters. The molecule has 1 N–H and O–H groups in total. The van der Waals surface area contributed by atoms with Gasteiger partial charge in [0.05, 0.1) is 12.6 Å². The molecule has 2 aliphatic rings. The Morgan fingerprint density at radius 2 is 1.89 bits per heavy atom. The first kappa shape index (κ1) is 12.5. The second-order valence-corrected chi connectivity index (χ2v) is 5.57. The van der Waals surface area contributed by atoms with Crippen LogP contribution in [0.5, 0.6) is 5.75 Å². The molecular formula is C16H21NO2. The molecule has 1 aromatic carbocycles. The average molecular weight is 259 g/mol. The zero-order valence-electron chi connectivity index (χ0n) is 11.2. The number of benzene rings is 1. The van der Waals surface area contributed by atoms with Crippen LogP contribution < -0.4 is 10.1 Å². The number of para-hydroxylation sites is 1. The second-order valence-electron chi connectivity index (χ2n) is 5.57. The molecule has 0 radical (unpaired) electrons. The van der Waals surface area contributed by atoms with E-state index >= 15 is 0 Å². The van der Waals surface area contributed by atoms with E-state index in [0.29, 0.717) is 0 Å². The highest BCUT2D eigenvalue weighted by Crippen LogP contribution is 2.32. The Bertz CT molecular complexity index is 452. The third-order valence-electron chi connectivity index (χ3n) is 4.23. The standard InChI is InChI=1S/C16H21NO2/c18-16(12-6-1-2-7-12)17-14-9-5-11-19-15-10-4-3-8-13(14)15/h3-4,8,10,12,14H,1-2,5-7,9,11H2,(H,17,18). The van der Waals surface area contributed by atoms with Crippen molar-refractivity contribution in [2.45, 2.75) is 44.6 Å². The Balaban J connectivity index is 1.74. The molecule has 1 amide bonds. The van der Waals surface area contributed by atoms with Crippen molar-refractivity contribution in [2.24, 2.45) is 5.92 Å². The van der Waals surface area contributed by atoms with Crippen LogP contribution in [0.2, 0.25) is 0 Å². The monoisotopic (exact) mass is 259 g/mol. The van der Waals surface area contributed by atoms with Crippen molar-refractivity contribution in [3.8, 4) is 5.75 Å². The summed E-state index contributed by atoms with van der Waals surface area (Å²) >= 11 is 0. The fraction of sp³-hybridized carbons (Fsp3) is 0.562. The lowest BCUT2D eigenvalue weighted by molar-refractivity contribution is -0.125. The van der Waals surface area contributed by atoms with Crippen LogP contribution in [0.25, 0.3) is 0 Å². The molecule has 1 fully saturated rings. The molecule has 0 bridgehead atoms. The first-order valence-electron chi connectivity index (χ1n) is 7.37. The maximum Gasteiger partial charge on any atom is 0.223 e. The van der Waals surface area contributed by atoms with Crippen molar-refractivity contribution >= 4 is 5.91 Å². The zero-order chi connectivity index (χ0) is 13.1. The number of carbonyl (C=O) groups excluding carboxylic acids is 1. The smallest absolute Gasteiger partial charge is 0.223 e. The quantitative estimate of drug-likeness (QED) is 0.885. The van der Waals surface area contributed by atoms with Crippen molar-refractivity contribution < 1.29 is 9.53 Å². The fourth-order valence-electron chi connectivity index (χ4n) is 3.15. The molecule has 19 heavy (non-hydrogen) atoms. The molecule has 3 rings (SSSR count). The summed E-state index contributed by atoms with van der Waals surface area (Å²) < 4.78 is 5.73. The lowest BCUT2D eigenvalue weighted by atomic mass is 10.00. The number of fused-ring (bicyclic) bond motifs is 1. The van der Waals surface area contributed by atoms with Gasteiger partial charge in [-0.1, -0.05) is 31.0 Å². The van der Waals surface area contributed by atoms with Crippen LogP contribution in [0, 0.1) is 5.92 Å². The van der Waals surface area contributed by atoms with E-state index in [1.165, 1.54) is 12.8 Å². The number of hydrogen-bond donors (Lipinski definition) is 1. The van der Waals surface area contributed by atoms with Crippen molar-refractivity contribution in [1.82, 2.24) is 5.32 Å². The summed E-state index contributed by atoms with van der Waals surface area (Å²) in [4.78, 5) is 12.3. The molecule has 1 aliphatic heterocycles. The van der Waals surface area contributed by atoms with Crippen LogP contribution in [-0.4, -0.2) is 12.5 Å². The molecule has 3 heteroatoms. The zero-order valence-corrected chi connectivity index (χ0v) is 11.2. The van der Waals surface area contributed by atoms with Crippen molar-refractivity contribution in [3.05, 3.63) is 29.8 Å². The molecule has 1 heterocycles. The third-order valence-corrected chi connectivity index (χ3v) is 4.23. The SMILES string of the molecule is O=C(NC1CCCOc2ccccc21)C1CCCC1. The lowest BCUT2D eigenvalue weighted by Crippen LogP contribution is -2.32. The van der Waals surface area contributed by atoms with Crippen molar-refractivity contribution in [1.29, 1.82) is 0 Å². The van der Waals surface area contributed by atoms with Crippen molar-refractivity contribution in [2.75, 3.05) is 6.61 Å². The summed E-state index contributed by atoms with van der Waals surface area (Å²) in [6, 6.07) is 8.18. The summed E-state index contributed by atoms with van der Waals surface area (Å²) in [5.74, 6) is 1.40. The first-order valence-corrected chi connectivity index (χ1v) is 7.37. The Kier molecular flexibility index (Phi) is 3.72. The number of ether oxygens (including phenoxy) is 1. The average Bonchev–Trinajstić information content (AvgIpc) is 2.90. The highest BCUT2D eigenvalue weighted by Gasteiger charge is 2.27. The van der Waals surface area contributed by atoms with Gasteiger partial charge in [0.1, 0.15) is 5.75 Å². The van der Waals surface area contributed by atoms with E-state index in [0.717, 1.165) is 43.6 Å². The van der Waals surface area contributed by atoms with Crippen LogP contribution in [0.4, 0.5) is 0 Å². The molecule has 0 aromatic heterocycles. The van der Waals surface area contributed by atoms with E-state index < -0.39 is 0 Å². The summed E-state index contributed by atoms with van der Waals surface area (Å²) in [7, 11) is 0. The van der Waals surface area contributed by atoms with Gasteiger partial charge in [-0.05, 0) is 31.7 Å². The summed E-state index contributed by atoms with van der Waals surface area (Å²) in [5.41, 5.74) is 1.13. The third kappa shape index (κ3) is 2.75. The van der Waals surface area contributed by atoms with E-state index in [4.69, 9.17) is 4.74 Å². The van der Waals surface area contributed by atoms with E-state index in [-0.39, 0.29) is 17.9 Å². The second kappa shape index (κ2) is 5.64. The number of carbonyl (C=O) groups is 1. The summed E-state index contributed by atoms with van der Waals surface area (Å²) in [6.45, 7) is 0.743. The first-order chi connectivity index (χ1) is 9.34. The van der Waals surface area contributed by atoms with Gasteiger partial charge >= 0.3 is 0 Å². The Morgan fingerprint density at radius 3 is 2.74 bits per heavy atom. The largest absolute Gasteiger partial charge is 0.493 e. The minimum atomic E-state index is 0.117. The van der Waals surface area contributed by atoms with Gasteiger partial charge in [0.15, 0.2) is 0 Å². The Hall–Kier alpha value is -1.51. The molecule has 0 saturated heterocycles. The number of nitrogens with one attached hydrogen (secondary N) is 1. The molecule has 102 valence electrons. The fourth-order valence-corrected chi connectivity index (χ4v) is 3.15. The topological polar surface area (TPSA) is 38.3 Å². The van der Waals surface area contributed by atoms with E-state index in [9.17, 15) is 4.79 Å². The summed E-state index contributed by atoms with van der Waals surface area (Å²) in [6.07, 6.45) is 6.46. The normalized spacial score (nSPS) is 23.3. The van der Waals surface area contributed by atoms with Crippen molar-refractivity contribution in [3.63, 3.8) is 0 Å². The van der Waals surface area contributed by atoms with E-state index in [1.807, 2.05) is 18.2 Å². The van der Waals surface area contributed by atoms with Gasteiger partial charge in [0.2, 0.25) is 5.91 Å². The van der Waals surface area contributed by atoms with Crippen LogP contribution in [0.15, 0.2) is 24.3 Å². The molecule has 1 atom stereocenters. The van der Waals surface area contributed by atoms with Gasteiger partial charge in [-0.25, -0.2) is 0 Å².